The van der Waals surface area contributed by atoms with Gasteiger partial charge in [-0.05, 0) is 37.5 Å². The molecule has 0 unspecified atom stereocenters. The van der Waals surface area contributed by atoms with Crippen LogP contribution >= 0.6 is 11.8 Å². The quantitative estimate of drug-likeness (QED) is 0.699. The number of H-pyrrole nitrogens is 1. The van der Waals surface area contributed by atoms with E-state index in [0.717, 1.165) is 30.6 Å². The summed E-state index contributed by atoms with van der Waals surface area (Å²) in [6, 6.07) is 7.94. The first kappa shape index (κ1) is 19.6. The largest absolute Gasteiger partial charge is 0.494 e. The third-order valence-corrected chi connectivity index (χ3v) is 6.11. The Bertz CT molecular complexity index is 841. The average Bonchev–Trinajstić information content (AvgIpc) is 2.88. The van der Waals surface area contributed by atoms with Crippen molar-refractivity contribution in [3.63, 3.8) is 0 Å². The van der Waals surface area contributed by atoms with E-state index < -0.39 is 0 Å². The molecule has 2 N–H and O–H groups in total. The molecule has 2 aromatic rings. The molecular formula is C20H27N3O3S. The highest BCUT2D eigenvalue weighted by molar-refractivity contribution is 8.00. The van der Waals surface area contributed by atoms with E-state index in [1.807, 2.05) is 31.2 Å². The number of fused-ring (bicyclic) bond motifs is 1. The van der Waals surface area contributed by atoms with Crippen molar-refractivity contribution in [3.8, 4) is 5.75 Å². The van der Waals surface area contributed by atoms with Crippen LogP contribution in [0.15, 0.2) is 29.1 Å². The Hall–Kier alpha value is -2.15. The Labute approximate surface area is 163 Å². The molecule has 6 nitrogen and oxygen atoms in total. The van der Waals surface area contributed by atoms with Crippen LogP contribution in [-0.2, 0) is 4.79 Å². The van der Waals surface area contributed by atoms with E-state index >= 15 is 0 Å². The molecular weight excluding hydrogens is 362 g/mol. The highest BCUT2D eigenvalue weighted by Crippen LogP contribution is 2.40. The maximum absolute atomic E-state index is 12.7. The van der Waals surface area contributed by atoms with Crippen LogP contribution in [0.1, 0.15) is 62.5 Å². The molecule has 0 radical (unpaired) electrons. The van der Waals surface area contributed by atoms with Crippen LogP contribution < -0.4 is 15.6 Å². The molecule has 2 atom stereocenters. The number of benzene rings is 1. The lowest BCUT2D eigenvalue weighted by Crippen LogP contribution is -2.18. The molecule has 0 aliphatic carbocycles. The minimum atomic E-state index is -0.197. The van der Waals surface area contributed by atoms with E-state index in [2.05, 4.69) is 24.3 Å². The lowest BCUT2D eigenvalue weighted by atomic mass is 10.1. The van der Waals surface area contributed by atoms with Crippen LogP contribution in [0.25, 0.3) is 0 Å². The number of nitrogens with one attached hydrogen (secondary N) is 2. The van der Waals surface area contributed by atoms with Crippen molar-refractivity contribution in [1.82, 2.24) is 9.78 Å². The van der Waals surface area contributed by atoms with Crippen molar-refractivity contribution in [1.29, 1.82) is 0 Å². The number of hydrogen-bond acceptors (Lipinski definition) is 4. The predicted octanol–water partition coefficient (Wildman–Crippen LogP) is 4.10. The number of anilines is 1. The lowest BCUT2D eigenvalue weighted by Gasteiger charge is -2.16. The number of thioether (sulfide) groups is 1. The molecule has 0 spiro atoms. The number of aromatic amines is 1. The first-order valence-corrected chi connectivity index (χ1v) is 10.6. The van der Waals surface area contributed by atoms with Gasteiger partial charge in [-0.2, -0.15) is 0 Å². The van der Waals surface area contributed by atoms with Gasteiger partial charge in [0.05, 0.1) is 23.2 Å². The second kappa shape index (κ2) is 8.69. The Morgan fingerprint density at radius 2 is 2.00 bits per heavy atom. The fourth-order valence-electron chi connectivity index (χ4n) is 3.09. The van der Waals surface area contributed by atoms with Gasteiger partial charge in [0, 0.05) is 6.04 Å². The molecule has 0 fully saturated rings. The standard InChI is InChI=1S/C20H27N3O3S/c1-4-6-11-26-15-9-7-14(8-10-15)18-17-19(21-16(24)12-27-18)23(13(3)5-2)22-20(17)25/h7-10,13,18H,4-6,11-12H2,1-3H3,(H,21,24)(H,22,25)/t13-,18-/m0/s1. The summed E-state index contributed by atoms with van der Waals surface area (Å²) >= 11 is 1.48. The summed E-state index contributed by atoms with van der Waals surface area (Å²) in [5, 5.41) is 5.63. The highest BCUT2D eigenvalue weighted by Gasteiger charge is 2.31. The van der Waals surface area contributed by atoms with Gasteiger partial charge in [0.2, 0.25) is 5.91 Å². The molecule has 27 heavy (non-hydrogen) atoms. The Morgan fingerprint density at radius 3 is 2.67 bits per heavy atom. The number of carbonyl (C=O) groups is 1. The fraction of sp³-hybridized carbons (Fsp3) is 0.500. The van der Waals surface area contributed by atoms with Gasteiger partial charge in [-0.3, -0.25) is 19.4 Å². The minimum absolute atomic E-state index is 0.0840. The van der Waals surface area contributed by atoms with Crippen molar-refractivity contribution < 1.29 is 9.53 Å². The van der Waals surface area contributed by atoms with Crippen molar-refractivity contribution in [3.05, 3.63) is 45.7 Å². The number of amides is 1. The Kier molecular flexibility index (Phi) is 6.31. The van der Waals surface area contributed by atoms with Gasteiger partial charge in [0.1, 0.15) is 11.6 Å². The van der Waals surface area contributed by atoms with Crippen LogP contribution in [0.2, 0.25) is 0 Å². The Balaban J connectivity index is 1.94. The number of hydrogen-bond donors (Lipinski definition) is 2. The zero-order valence-corrected chi connectivity index (χ0v) is 16.9. The van der Waals surface area contributed by atoms with Crippen molar-refractivity contribution in [2.75, 3.05) is 17.7 Å². The molecule has 1 aliphatic heterocycles. The zero-order chi connectivity index (χ0) is 19.4. The topological polar surface area (TPSA) is 76.1 Å². The van der Waals surface area contributed by atoms with Crippen LogP contribution in [0.5, 0.6) is 5.75 Å². The number of unbranched alkanes of at least 4 members (excludes halogenated alkanes) is 1. The lowest BCUT2D eigenvalue weighted by molar-refractivity contribution is -0.113. The smallest absolute Gasteiger partial charge is 0.270 e. The summed E-state index contributed by atoms with van der Waals surface area (Å²) in [5.41, 5.74) is 1.46. The van der Waals surface area contributed by atoms with Gasteiger partial charge < -0.3 is 10.1 Å². The monoisotopic (exact) mass is 389 g/mol. The molecule has 1 aromatic carbocycles. The van der Waals surface area contributed by atoms with E-state index in [1.54, 1.807) is 4.68 Å². The average molecular weight is 390 g/mol. The molecule has 0 bridgehead atoms. The van der Waals surface area contributed by atoms with Gasteiger partial charge in [-0.1, -0.05) is 32.4 Å². The molecule has 0 saturated heterocycles. The summed E-state index contributed by atoms with van der Waals surface area (Å²) in [5.74, 6) is 1.65. The van der Waals surface area contributed by atoms with Gasteiger partial charge in [-0.25, -0.2) is 0 Å². The molecule has 3 rings (SSSR count). The first-order valence-electron chi connectivity index (χ1n) is 9.53. The minimum Gasteiger partial charge on any atom is -0.494 e. The van der Waals surface area contributed by atoms with Crippen LogP contribution in [0.4, 0.5) is 5.82 Å². The van der Waals surface area contributed by atoms with E-state index in [0.29, 0.717) is 23.7 Å². The summed E-state index contributed by atoms with van der Waals surface area (Å²) in [6.07, 6.45) is 2.97. The SMILES string of the molecule is CCCCOc1ccc([C@@H]2SCC(=O)Nc3c2c(=O)[nH]n3[C@@H](C)CC)cc1. The summed E-state index contributed by atoms with van der Waals surface area (Å²) < 4.78 is 7.52. The van der Waals surface area contributed by atoms with E-state index in [4.69, 9.17) is 4.74 Å². The second-order valence-electron chi connectivity index (χ2n) is 6.84. The Morgan fingerprint density at radius 1 is 1.26 bits per heavy atom. The normalized spacial score (nSPS) is 17.7. The van der Waals surface area contributed by atoms with E-state index in [-0.39, 0.29) is 22.8 Å². The fourth-order valence-corrected chi connectivity index (χ4v) is 4.22. The van der Waals surface area contributed by atoms with Crippen LogP contribution in [0.3, 0.4) is 0 Å². The molecule has 1 aromatic heterocycles. The van der Waals surface area contributed by atoms with Gasteiger partial charge >= 0.3 is 0 Å². The number of aromatic nitrogens is 2. The predicted molar refractivity (Wildman–Crippen MR) is 110 cm³/mol. The van der Waals surface area contributed by atoms with Crippen LogP contribution in [-0.4, -0.2) is 28.0 Å². The van der Waals surface area contributed by atoms with E-state index in [1.165, 1.54) is 11.8 Å². The molecule has 0 saturated carbocycles. The third-order valence-electron chi connectivity index (χ3n) is 4.84. The first-order chi connectivity index (χ1) is 13.0. The molecule has 2 heterocycles. The van der Waals surface area contributed by atoms with Crippen molar-refractivity contribution in [2.45, 2.75) is 51.3 Å². The van der Waals surface area contributed by atoms with Crippen molar-refractivity contribution in [2.24, 2.45) is 0 Å². The molecule has 7 heteroatoms. The molecule has 1 amide bonds. The maximum Gasteiger partial charge on any atom is 0.270 e. The summed E-state index contributed by atoms with van der Waals surface area (Å²) in [6.45, 7) is 6.91. The molecule has 1 aliphatic rings. The van der Waals surface area contributed by atoms with Gasteiger partial charge in [0.25, 0.3) is 5.56 Å². The highest BCUT2D eigenvalue weighted by atomic mass is 32.2. The van der Waals surface area contributed by atoms with Gasteiger partial charge in [0.15, 0.2) is 0 Å². The number of nitrogens with zero attached hydrogens (tertiary/aromatic N) is 1. The van der Waals surface area contributed by atoms with E-state index in [9.17, 15) is 9.59 Å². The number of ether oxygens (including phenoxy) is 1. The maximum atomic E-state index is 12.7. The summed E-state index contributed by atoms with van der Waals surface area (Å²) in [4.78, 5) is 24.9. The summed E-state index contributed by atoms with van der Waals surface area (Å²) in [7, 11) is 0. The molecule has 146 valence electrons. The zero-order valence-electron chi connectivity index (χ0n) is 16.1. The number of carbonyl (C=O) groups excluding carboxylic acids is 1. The second-order valence-corrected chi connectivity index (χ2v) is 7.93. The van der Waals surface area contributed by atoms with Gasteiger partial charge in [-0.15, -0.1) is 11.8 Å². The van der Waals surface area contributed by atoms with Crippen molar-refractivity contribution >= 4 is 23.5 Å². The van der Waals surface area contributed by atoms with Crippen LogP contribution in [0, 0.1) is 0 Å². The third kappa shape index (κ3) is 4.24. The number of rotatable bonds is 7.